The highest BCUT2D eigenvalue weighted by molar-refractivity contribution is 14.1. The van der Waals surface area contributed by atoms with Gasteiger partial charge in [0.2, 0.25) is 0 Å². The van der Waals surface area contributed by atoms with Crippen LogP contribution in [-0.2, 0) is 0 Å². The van der Waals surface area contributed by atoms with Gasteiger partial charge in [0.1, 0.15) is 0 Å². The zero-order chi connectivity index (χ0) is 10.8. The molecule has 0 atom stereocenters. The predicted molar refractivity (Wildman–Crippen MR) is 77.3 cm³/mol. The Morgan fingerprint density at radius 2 is 1.67 bits per heavy atom. The average Bonchev–Trinajstić information content (AvgIpc) is 2.26. The van der Waals surface area contributed by atoms with E-state index in [1.165, 1.54) is 11.1 Å². The molecule has 0 aromatic heterocycles. The molecule has 0 N–H and O–H groups in total. The minimum atomic E-state index is 0.773. The van der Waals surface area contributed by atoms with Crippen molar-refractivity contribution in [2.45, 2.75) is 0 Å². The summed E-state index contributed by atoms with van der Waals surface area (Å²) in [7, 11) is 0. The molecule has 0 radical (unpaired) electrons. The van der Waals surface area contributed by atoms with Crippen molar-refractivity contribution in [3.05, 3.63) is 55.5 Å². The fraction of sp³-hybridized carbons (Fsp3) is 0. The fourth-order valence-electron chi connectivity index (χ4n) is 1.35. The summed E-state index contributed by atoms with van der Waals surface area (Å²) in [5.74, 6) is 0. The number of hydrogen-bond acceptors (Lipinski definition) is 0. The molecule has 0 aliphatic heterocycles. The summed E-state index contributed by atoms with van der Waals surface area (Å²) < 4.78 is 2.00. The van der Waals surface area contributed by atoms with Gasteiger partial charge >= 0.3 is 0 Å². The number of benzene rings is 2. The Morgan fingerprint density at radius 3 is 2.27 bits per heavy atom. The van der Waals surface area contributed by atoms with Gasteiger partial charge in [-0.1, -0.05) is 41.9 Å². The zero-order valence-corrected chi connectivity index (χ0v) is 12.2. The quantitative estimate of drug-likeness (QED) is 0.451. The monoisotopic (exact) mass is 392 g/mol. The van der Waals surface area contributed by atoms with Gasteiger partial charge in [-0.05, 0) is 61.8 Å². The molecular weight excluding hydrogens is 386 g/mol. The van der Waals surface area contributed by atoms with E-state index in [4.69, 9.17) is 11.6 Å². The Hall–Kier alpha value is -0.0600. The maximum atomic E-state index is 6.08. The summed E-state index contributed by atoms with van der Waals surface area (Å²) in [6.45, 7) is 0. The van der Waals surface area contributed by atoms with Crippen LogP contribution >= 0.6 is 50.1 Å². The van der Waals surface area contributed by atoms with Crippen molar-refractivity contribution in [2.75, 3.05) is 0 Å². The molecular formula is C12H7BrClI. The second-order valence-corrected chi connectivity index (χ2v) is 5.51. The lowest BCUT2D eigenvalue weighted by molar-refractivity contribution is 1.56. The first-order chi connectivity index (χ1) is 7.18. The SMILES string of the molecule is Clc1c(Br)cc(-c2ccccc2)cc1I. The van der Waals surface area contributed by atoms with E-state index >= 15 is 0 Å². The van der Waals surface area contributed by atoms with Crippen molar-refractivity contribution in [1.82, 2.24) is 0 Å². The van der Waals surface area contributed by atoms with Gasteiger partial charge in [0.25, 0.3) is 0 Å². The lowest BCUT2D eigenvalue weighted by atomic mass is 10.1. The zero-order valence-electron chi connectivity index (χ0n) is 7.68. The van der Waals surface area contributed by atoms with Gasteiger partial charge in [0.15, 0.2) is 0 Å². The minimum absolute atomic E-state index is 0.773. The Labute approximate surface area is 116 Å². The maximum Gasteiger partial charge on any atom is 0.0681 e. The first-order valence-corrected chi connectivity index (χ1v) is 6.63. The van der Waals surface area contributed by atoms with E-state index in [2.05, 4.69) is 56.7 Å². The standard InChI is InChI=1S/C12H7BrClI/c13-10-6-9(7-11(15)12(10)14)8-4-2-1-3-5-8/h1-7H. The molecule has 2 rings (SSSR count). The Morgan fingerprint density at radius 1 is 1.00 bits per heavy atom. The van der Waals surface area contributed by atoms with Crippen LogP contribution in [0, 0.1) is 3.57 Å². The average molecular weight is 393 g/mol. The van der Waals surface area contributed by atoms with E-state index in [0.29, 0.717) is 0 Å². The lowest BCUT2D eigenvalue weighted by Crippen LogP contribution is -1.82. The predicted octanol–water partition coefficient (Wildman–Crippen LogP) is 5.37. The number of hydrogen-bond donors (Lipinski definition) is 0. The van der Waals surface area contributed by atoms with E-state index in [0.717, 1.165) is 13.1 Å². The van der Waals surface area contributed by atoms with Crippen molar-refractivity contribution < 1.29 is 0 Å². The molecule has 3 heteroatoms. The molecule has 15 heavy (non-hydrogen) atoms. The van der Waals surface area contributed by atoms with Crippen LogP contribution in [-0.4, -0.2) is 0 Å². The molecule has 2 aromatic carbocycles. The first kappa shape index (κ1) is 11.4. The van der Waals surface area contributed by atoms with Gasteiger partial charge in [-0.25, -0.2) is 0 Å². The lowest BCUT2D eigenvalue weighted by Gasteiger charge is -2.05. The van der Waals surface area contributed by atoms with Crippen LogP contribution < -0.4 is 0 Å². The van der Waals surface area contributed by atoms with Gasteiger partial charge < -0.3 is 0 Å². The Bertz CT molecular complexity index is 459. The van der Waals surface area contributed by atoms with E-state index in [1.54, 1.807) is 0 Å². The molecule has 2 aromatic rings. The first-order valence-electron chi connectivity index (χ1n) is 4.38. The van der Waals surface area contributed by atoms with E-state index in [-0.39, 0.29) is 0 Å². The maximum absolute atomic E-state index is 6.08. The van der Waals surface area contributed by atoms with Crippen LogP contribution in [0.5, 0.6) is 0 Å². The molecule has 0 unspecified atom stereocenters. The highest BCUT2D eigenvalue weighted by atomic mass is 127. The van der Waals surface area contributed by atoms with Gasteiger partial charge in [-0.2, -0.15) is 0 Å². The smallest absolute Gasteiger partial charge is 0.0681 e. The molecule has 0 aliphatic rings. The van der Waals surface area contributed by atoms with Crippen LogP contribution in [0.3, 0.4) is 0 Å². The van der Waals surface area contributed by atoms with Crippen LogP contribution in [0.4, 0.5) is 0 Å². The minimum Gasteiger partial charge on any atom is -0.0819 e. The largest absolute Gasteiger partial charge is 0.0819 e. The van der Waals surface area contributed by atoms with Gasteiger partial charge in [0, 0.05) is 8.04 Å². The molecule has 0 saturated heterocycles. The summed E-state index contributed by atoms with van der Waals surface area (Å²) in [5, 5.41) is 0.773. The molecule has 0 spiro atoms. The van der Waals surface area contributed by atoms with Crippen molar-refractivity contribution in [3.8, 4) is 11.1 Å². The second-order valence-electron chi connectivity index (χ2n) is 3.12. The highest BCUT2D eigenvalue weighted by Gasteiger charge is 2.05. The number of rotatable bonds is 1. The Balaban J connectivity index is 2.56. The summed E-state index contributed by atoms with van der Waals surface area (Å²) in [6.07, 6.45) is 0. The Kier molecular flexibility index (Phi) is 3.69. The van der Waals surface area contributed by atoms with Gasteiger partial charge in [0.05, 0.1) is 5.02 Å². The third-order valence-corrected chi connectivity index (χ3v) is 4.52. The summed E-state index contributed by atoms with van der Waals surface area (Å²) in [5.41, 5.74) is 2.38. The van der Waals surface area contributed by atoms with Crippen LogP contribution in [0.15, 0.2) is 46.9 Å². The molecule has 76 valence electrons. The van der Waals surface area contributed by atoms with Crippen molar-refractivity contribution in [3.63, 3.8) is 0 Å². The van der Waals surface area contributed by atoms with Gasteiger partial charge in [-0.3, -0.25) is 0 Å². The molecule has 0 amide bonds. The highest BCUT2D eigenvalue weighted by Crippen LogP contribution is 2.33. The third kappa shape index (κ3) is 2.55. The van der Waals surface area contributed by atoms with E-state index in [9.17, 15) is 0 Å². The van der Waals surface area contributed by atoms with Gasteiger partial charge in [-0.15, -0.1) is 0 Å². The van der Waals surface area contributed by atoms with Crippen molar-refractivity contribution in [1.29, 1.82) is 0 Å². The summed E-state index contributed by atoms with van der Waals surface area (Å²) in [6, 6.07) is 14.4. The van der Waals surface area contributed by atoms with Crippen LogP contribution in [0.1, 0.15) is 0 Å². The molecule has 0 saturated carbocycles. The second kappa shape index (κ2) is 4.85. The van der Waals surface area contributed by atoms with E-state index < -0.39 is 0 Å². The van der Waals surface area contributed by atoms with Crippen LogP contribution in [0.25, 0.3) is 11.1 Å². The molecule has 0 nitrogen and oxygen atoms in total. The molecule has 0 fully saturated rings. The van der Waals surface area contributed by atoms with E-state index in [1.807, 2.05) is 24.3 Å². The summed E-state index contributed by atoms with van der Waals surface area (Å²) >= 11 is 11.8. The third-order valence-electron chi connectivity index (χ3n) is 2.09. The molecule has 0 aliphatic carbocycles. The van der Waals surface area contributed by atoms with Crippen molar-refractivity contribution >= 4 is 50.1 Å². The topological polar surface area (TPSA) is 0 Å². The number of halogens is 3. The summed E-state index contributed by atoms with van der Waals surface area (Å²) in [4.78, 5) is 0. The molecule has 0 heterocycles. The normalized spacial score (nSPS) is 10.3. The van der Waals surface area contributed by atoms with Crippen molar-refractivity contribution in [2.24, 2.45) is 0 Å². The van der Waals surface area contributed by atoms with Crippen LogP contribution in [0.2, 0.25) is 5.02 Å². The fourth-order valence-corrected chi connectivity index (χ4v) is 2.92. The molecule has 0 bridgehead atoms.